The standard InChI is InChI=1S/C2H5IOSi/c3-1-2(4)5/h1H2,5H3. The van der Waals surface area contributed by atoms with E-state index in [0.29, 0.717) is 9.83 Å². The van der Waals surface area contributed by atoms with Crippen LogP contribution in [0, 0.1) is 0 Å². The molecule has 0 spiro atoms. The van der Waals surface area contributed by atoms with Gasteiger partial charge in [-0.25, -0.2) is 0 Å². The largest absolute Gasteiger partial charge is 0.306 e. The second-order valence-corrected chi connectivity index (χ2v) is 2.71. The van der Waals surface area contributed by atoms with Crippen molar-refractivity contribution in [2.45, 2.75) is 0 Å². The molecule has 0 bridgehead atoms. The average Bonchev–Trinajstić information content (AvgIpc) is 1.38. The Morgan fingerprint density at radius 3 is 2.20 bits per heavy atom. The summed E-state index contributed by atoms with van der Waals surface area (Å²) < 4.78 is 0.698. The van der Waals surface area contributed by atoms with Gasteiger partial charge < -0.3 is 4.79 Å². The molecule has 0 aliphatic heterocycles. The van der Waals surface area contributed by atoms with Gasteiger partial charge >= 0.3 is 0 Å². The highest BCUT2D eigenvalue weighted by Crippen LogP contribution is 1.74. The summed E-state index contributed by atoms with van der Waals surface area (Å²) in [5, 5.41) is 0.380. The number of rotatable bonds is 1. The third-order valence-corrected chi connectivity index (χ3v) is 3.06. The zero-order valence-electron chi connectivity index (χ0n) is 2.99. The SMILES string of the molecule is O=C([SiH3])CI. The van der Waals surface area contributed by atoms with Crippen molar-refractivity contribution in [3.8, 4) is 0 Å². The normalized spacial score (nSPS) is 8.20. The fourth-order valence-corrected chi connectivity index (χ4v) is 0. The van der Waals surface area contributed by atoms with Crippen molar-refractivity contribution >= 4 is 38.2 Å². The highest BCUT2D eigenvalue weighted by atomic mass is 127. The second-order valence-electron chi connectivity index (χ2n) is 0.836. The summed E-state index contributed by atoms with van der Waals surface area (Å²) in [6, 6.07) is 0. The summed E-state index contributed by atoms with van der Waals surface area (Å²) in [6.07, 6.45) is 0. The van der Waals surface area contributed by atoms with E-state index in [1.54, 1.807) is 0 Å². The Morgan fingerprint density at radius 2 is 2.20 bits per heavy atom. The maximum Gasteiger partial charge on any atom is 0.110 e. The van der Waals surface area contributed by atoms with Crippen molar-refractivity contribution < 1.29 is 4.79 Å². The summed E-state index contributed by atoms with van der Waals surface area (Å²) in [5.41, 5.74) is 0. The van der Waals surface area contributed by atoms with Crippen LogP contribution < -0.4 is 0 Å². The van der Waals surface area contributed by atoms with Gasteiger partial charge in [0.2, 0.25) is 0 Å². The lowest BCUT2D eigenvalue weighted by Gasteiger charge is -1.70. The summed E-state index contributed by atoms with van der Waals surface area (Å²) >= 11 is 2.06. The van der Waals surface area contributed by atoms with Crippen molar-refractivity contribution in [3.05, 3.63) is 0 Å². The van der Waals surface area contributed by atoms with Crippen LogP contribution in [0.3, 0.4) is 0 Å². The fraction of sp³-hybridized carbons (Fsp3) is 0.500. The first-order valence-electron chi connectivity index (χ1n) is 1.32. The van der Waals surface area contributed by atoms with Crippen LogP contribution in [0.1, 0.15) is 0 Å². The minimum Gasteiger partial charge on any atom is -0.306 e. The molecule has 0 aliphatic carbocycles. The van der Waals surface area contributed by atoms with Crippen molar-refractivity contribution in [1.82, 2.24) is 0 Å². The van der Waals surface area contributed by atoms with Crippen LogP contribution in [0.4, 0.5) is 0 Å². The van der Waals surface area contributed by atoms with E-state index in [0.717, 1.165) is 10.2 Å². The molecule has 0 aromatic rings. The molecule has 0 heterocycles. The van der Waals surface area contributed by atoms with Gasteiger partial charge in [0.05, 0.1) is 14.7 Å². The third kappa shape index (κ3) is 4.62. The molecule has 0 aromatic heterocycles. The zero-order valence-corrected chi connectivity index (χ0v) is 7.15. The third-order valence-electron chi connectivity index (χ3n) is 0.188. The molecule has 1 nitrogen and oxygen atoms in total. The molecule has 0 N–H and O–H groups in total. The first kappa shape index (κ1) is 5.62. The van der Waals surface area contributed by atoms with Gasteiger partial charge in [-0.15, -0.1) is 0 Å². The first-order chi connectivity index (χ1) is 2.27. The Kier molecular flexibility index (Phi) is 3.18. The van der Waals surface area contributed by atoms with Crippen molar-refractivity contribution in [2.24, 2.45) is 0 Å². The van der Waals surface area contributed by atoms with Crippen LogP contribution >= 0.6 is 22.6 Å². The number of hydrogen-bond acceptors (Lipinski definition) is 1. The number of hydrogen-bond donors (Lipinski definition) is 0. The van der Waals surface area contributed by atoms with Crippen LogP contribution in [0.15, 0.2) is 0 Å². The number of alkyl halides is 1. The highest BCUT2D eigenvalue weighted by molar-refractivity contribution is 14.1. The molecule has 0 saturated carbocycles. The molecule has 0 aromatic carbocycles. The van der Waals surface area contributed by atoms with Crippen molar-refractivity contribution in [2.75, 3.05) is 4.43 Å². The smallest absolute Gasteiger partial charge is 0.110 e. The van der Waals surface area contributed by atoms with Gasteiger partial charge in [-0.2, -0.15) is 0 Å². The molecule has 3 heteroatoms. The van der Waals surface area contributed by atoms with Gasteiger partial charge in [-0.3, -0.25) is 0 Å². The molecule has 0 unspecified atom stereocenters. The quantitative estimate of drug-likeness (QED) is 0.311. The van der Waals surface area contributed by atoms with E-state index in [2.05, 4.69) is 22.6 Å². The Labute approximate surface area is 47.7 Å². The number of carbonyl (C=O) groups excluding carboxylic acids is 1. The summed E-state index contributed by atoms with van der Waals surface area (Å²) in [5.74, 6) is 0. The molecule has 0 aliphatic rings. The maximum absolute atomic E-state index is 9.87. The Hall–Kier alpha value is 0.617. The predicted octanol–water partition coefficient (Wildman–Crippen LogP) is -0.687. The Bertz CT molecular complexity index is 44.9. The fourth-order valence-electron chi connectivity index (χ4n) is 0. The maximum atomic E-state index is 9.87. The van der Waals surface area contributed by atoms with Gasteiger partial charge in [-0.05, 0) is 0 Å². The molecule has 30 valence electrons. The monoisotopic (exact) mass is 200 g/mol. The molecule has 0 amide bonds. The minimum atomic E-state index is 0.380. The van der Waals surface area contributed by atoms with Crippen molar-refractivity contribution in [3.63, 3.8) is 0 Å². The number of halogens is 1. The first-order valence-corrected chi connectivity index (χ1v) is 3.85. The molecule has 0 rings (SSSR count). The van der Waals surface area contributed by atoms with Crippen LogP contribution in [-0.2, 0) is 4.79 Å². The summed E-state index contributed by atoms with van der Waals surface area (Å²) in [4.78, 5) is 9.87. The summed E-state index contributed by atoms with van der Waals surface area (Å²) in [6.45, 7) is 0. The van der Waals surface area contributed by atoms with Gasteiger partial charge in [-0.1, -0.05) is 22.6 Å². The lowest BCUT2D eigenvalue weighted by atomic mass is 10.9. The van der Waals surface area contributed by atoms with Gasteiger partial charge in [0.1, 0.15) is 5.41 Å². The van der Waals surface area contributed by atoms with Crippen LogP contribution in [0.5, 0.6) is 0 Å². The van der Waals surface area contributed by atoms with Crippen molar-refractivity contribution in [1.29, 1.82) is 0 Å². The van der Waals surface area contributed by atoms with Crippen LogP contribution in [0.25, 0.3) is 0 Å². The number of carbonyl (C=O) groups is 1. The minimum absolute atomic E-state index is 0.380. The molecule has 5 heavy (non-hydrogen) atoms. The molecular formula is C2H5IOSi. The molecule has 0 atom stereocenters. The van der Waals surface area contributed by atoms with Crippen LogP contribution in [-0.4, -0.2) is 20.1 Å². The average molecular weight is 200 g/mol. The summed E-state index contributed by atoms with van der Waals surface area (Å²) in [7, 11) is 0.723. The van der Waals surface area contributed by atoms with E-state index in [-0.39, 0.29) is 0 Å². The van der Waals surface area contributed by atoms with E-state index in [1.165, 1.54) is 0 Å². The topological polar surface area (TPSA) is 17.1 Å². The molecular weight excluding hydrogens is 195 g/mol. The zero-order chi connectivity index (χ0) is 4.28. The lowest BCUT2D eigenvalue weighted by molar-refractivity contribution is -0.109. The van der Waals surface area contributed by atoms with Gasteiger partial charge in [0.25, 0.3) is 0 Å². The Morgan fingerprint density at radius 1 is 2.00 bits per heavy atom. The highest BCUT2D eigenvalue weighted by Gasteiger charge is 1.78. The van der Waals surface area contributed by atoms with E-state index >= 15 is 0 Å². The van der Waals surface area contributed by atoms with E-state index in [9.17, 15) is 4.79 Å². The molecule has 0 fully saturated rings. The Balaban J connectivity index is 2.85. The van der Waals surface area contributed by atoms with Gasteiger partial charge in [0, 0.05) is 0 Å². The van der Waals surface area contributed by atoms with E-state index in [1.807, 2.05) is 0 Å². The predicted molar refractivity (Wildman–Crippen MR) is 33.8 cm³/mol. The van der Waals surface area contributed by atoms with Gasteiger partial charge in [0.15, 0.2) is 0 Å². The van der Waals surface area contributed by atoms with E-state index < -0.39 is 0 Å². The molecule has 0 radical (unpaired) electrons. The lowest BCUT2D eigenvalue weighted by Crippen LogP contribution is -1.93. The molecule has 0 saturated heterocycles. The van der Waals surface area contributed by atoms with Crippen LogP contribution in [0.2, 0.25) is 0 Å². The van der Waals surface area contributed by atoms with E-state index in [4.69, 9.17) is 0 Å². The second kappa shape index (κ2) is 2.83.